The van der Waals surface area contributed by atoms with Crippen molar-refractivity contribution >= 4 is 17.3 Å². The molecule has 2 rings (SSSR count). The highest BCUT2D eigenvalue weighted by molar-refractivity contribution is 7.10. The van der Waals surface area contributed by atoms with Gasteiger partial charge in [0.05, 0.1) is 0 Å². The Morgan fingerprint density at radius 3 is 3.06 bits per heavy atom. The van der Waals surface area contributed by atoms with Crippen LogP contribution in [0.3, 0.4) is 0 Å². The number of aliphatic carboxylic acids is 1. The van der Waals surface area contributed by atoms with E-state index in [0.717, 1.165) is 31.6 Å². The summed E-state index contributed by atoms with van der Waals surface area (Å²) < 4.78 is 0. The largest absolute Gasteiger partial charge is 0.480 e. The lowest BCUT2D eigenvalue weighted by Crippen LogP contribution is -2.42. The number of fused-ring (bicyclic) bond motifs is 1. The van der Waals surface area contributed by atoms with Crippen LogP contribution in [0.5, 0.6) is 0 Å². The Balaban J connectivity index is 2.16. The Kier molecular flexibility index (Phi) is 3.81. The van der Waals surface area contributed by atoms with Crippen LogP contribution in [0.4, 0.5) is 0 Å². The van der Waals surface area contributed by atoms with E-state index in [9.17, 15) is 9.90 Å². The van der Waals surface area contributed by atoms with Gasteiger partial charge in [-0.25, -0.2) is 0 Å². The summed E-state index contributed by atoms with van der Waals surface area (Å²) in [5.41, 5.74) is 0.993. The van der Waals surface area contributed by atoms with Gasteiger partial charge in [0.2, 0.25) is 0 Å². The molecular weight excluding hydrogens is 236 g/mol. The van der Waals surface area contributed by atoms with E-state index in [-0.39, 0.29) is 0 Å². The molecular formula is C12H18N2O2S. The van der Waals surface area contributed by atoms with E-state index in [1.165, 1.54) is 4.88 Å². The van der Waals surface area contributed by atoms with Crippen molar-refractivity contribution in [3.05, 3.63) is 21.9 Å². The normalized spacial score (nSPS) is 20.5. The summed E-state index contributed by atoms with van der Waals surface area (Å²) in [6.07, 6.45) is 0.976. The van der Waals surface area contributed by atoms with E-state index in [1.54, 1.807) is 11.3 Å². The zero-order valence-electron chi connectivity index (χ0n) is 10.2. The lowest BCUT2D eigenvalue weighted by molar-refractivity contribution is -0.144. The van der Waals surface area contributed by atoms with Gasteiger partial charge in [-0.2, -0.15) is 0 Å². The number of thiophene rings is 1. The lowest BCUT2D eigenvalue weighted by Gasteiger charge is -2.33. The second kappa shape index (κ2) is 5.16. The maximum atomic E-state index is 11.4. The minimum Gasteiger partial charge on any atom is -0.480 e. The Hall–Kier alpha value is -0.910. The third-order valence-electron chi connectivity index (χ3n) is 3.13. The van der Waals surface area contributed by atoms with Gasteiger partial charge in [-0.15, -0.1) is 11.3 Å². The van der Waals surface area contributed by atoms with E-state index < -0.39 is 12.0 Å². The van der Waals surface area contributed by atoms with Crippen LogP contribution < -0.4 is 0 Å². The molecule has 0 aromatic carbocycles. The van der Waals surface area contributed by atoms with E-state index in [1.807, 2.05) is 25.5 Å². The standard InChI is InChI=1S/C12H18N2O2S/c1-13(2)6-7-14-5-3-10-9(4-8-17-10)11(14)12(15)16/h4,8,11H,3,5-7H2,1-2H3,(H,15,16). The van der Waals surface area contributed by atoms with Gasteiger partial charge in [-0.05, 0) is 37.5 Å². The highest BCUT2D eigenvalue weighted by Crippen LogP contribution is 2.33. The van der Waals surface area contributed by atoms with Gasteiger partial charge in [0, 0.05) is 24.5 Å². The van der Waals surface area contributed by atoms with Crippen LogP contribution in [0.2, 0.25) is 0 Å². The topological polar surface area (TPSA) is 43.8 Å². The van der Waals surface area contributed by atoms with Crippen molar-refractivity contribution in [3.8, 4) is 0 Å². The van der Waals surface area contributed by atoms with Gasteiger partial charge in [0.1, 0.15) is 6.04 Å². The van der Waals surface area contributed by atoms with E-state index in [0.29, 0.717) is 0 Å². The van der Waals surface area contributed by atoms with Crippen LogP contribution >= 0.6 is 11.3 Å². The smallest absolute Gasteiger partial charge is 0.325 e. The van der Waals surface area contributed by atoms with Crippen molar-refractivity contribution in [1.82, 2.24) is 9.80 Å². The molecule has 0 saturated carbocycles. The fraction of sp³-hybridized carbons (Fsp3) is 0.583. The maximum Gasteiger partial charge on any atom is 0.325 e. The number of likely N-dealkylation sites (N-methyl/N-ethyl adjacent to an activating group) is 1. The Bertz CT molecular complexity index is 403. The molecule has 0 radical (unpaired) electrons. The van der Waals surface area contributed by atoms with E-state index >= 15 is 0 Å². The minimum atomic E-state index is -0.733. The maximum absolute atomic E-state index is 11.4. The molecule has 1 aromatic heterocycles. The van der Waals surface area contributed by atoms with Gasteiger partial charge in [0.15, 0.2) is 0 Å². The quantitative estimate of drug-likeness (QED) is 0.879. The summed E-state index contributed by atoms with van der Waals surface area (Å²) in [5.74, 6) is -0.733. The Morgan fingerprint density at radius 2 is 2.41 bits per heavy atom. The fourth-order valence-electron chi connectivity index (χ4n) is 2.23. The summed E-state index contributed by atoms with van der Waals surface area (Å²) in [7, 11) is 4.02. The number of hydrogen-bond acceptors (Lipinski definition) is 4. The first-order chi connectivity index (χ1) is 8.09. The summed E-state index contributed by atoms with van der Waals surface area (Å²) in [6.45, 7) is 2.54. The number of hydrogen-bond donors (Lipinski definition) is 1. The molecule has 1 aliphatic rings. The number of carboxylic acid groups (broad SMARTS) is 1. The fourth-order valence-corrected chi connectivity index (χ4v) is 3.13. The molecule has 0 spiro atoms. The average Bonchev–Trinajstić information content (AvgIpc) is 2.72. The molecule has 0 bridgehead atoms. The third kappa shape index (κ3) is 2.68. The van der Waals surface area contributed by atoms with Crippen molar-refractivity contribution in [2.75, 3.05) is 33.7 Å². The molecule has 0 fully saturated rings. The summed E-state index contributed by atoms with van der Waals surface area (Å²) in [6, 6.07) is 1.51. The van der Waals surface area contributed by atoms with Gasteiger partial charge in [-0.1, -0.05) is 0 Å². The third-order valence-corrected chi connectivity index (χ3v) is 4.13. The molecule has 2 heterocycles. The Labute approximate surface area is 105 Å². The molecule has 1 unspecified atom stereocenters. The second-order valence-electron chi connectivity index (χ2n) is 4.63. The SMILES string of the molecule is CN(C)CCN1CCc2sccc2C1C(=O)O. The molecule has 0 amide bonds. The number of nitrogens with zero attached hydrogens (tertiary/aromatic N) is 2. The number of carboxylic acids is 1. The van der Waals surface area contributed by atoms with Crippen LogP contribution in [0.25, 0.3) is 0 Å². The molecule has 0 saturated heterocycles. The first-order valence-corrected chi connectivity index (χ1v) is 6.65. The van der Waals surface area contributed by atoms with Gasteiger partial charge in [-0.3, -0.25) is 9.69 Å². The van der Waals surface area contributed by atoms with Gasteiger partial charge in [0.25, 0.3) is 0 Å². The van der Waals surface area contributed by atoms with Gasteiger partial charge < -0.3 is 10.0 Å². The van der Waals surface area contributed by atoms with Crippen LogP contribution in [0.1, 0.15) is 16.5 Å². The van der Waals surface area contributed by atoms with E-state index in [4.69, 9.17) is 0 Å². The predicted octanol–water partition coefficient (Wildman–Crippen LogP) is 1.29. The molecule has 1 aliphatic heterocycles. The van der Waals surface area contributed by atoms with Crippen molar-refractivity contribution in [1.29, 1.82) is 0 Å². The molecule has 1 aromatic rings. The molecule has 1 atom stereocenters. The zero-order valence-corrected chi connectivity index (χ0v) is 11.0. The number of rotatable bonds is 4. The highest BCUT2D eigenvalue weighted by atomic mass is 32.1. The first kappa shape index (κ1) is 12.5. The molecule has 1 N–H and O–H groups in total. The predicted molar refractivity (Wildman–Crippen MR) is 68.5 cm³/mol. The molecule has 0 aliphatic carbocycles. The first-order valence-electron chi connectivity index (χ1n) is 5.77. The lowest BCUT2D eigenvalue weighted by atomic mass is 10.00. The monoisotopic (exact) mass is 254 g/mol. The summed E-state index contributed by atoms with van der Waals surface area (Å²) in [5, 5.41) is 11.4. The summed E-state index contributed by atoms with van der Waals surface area (Å²) in [4.78, 5) is 16.8. The van der Waals surface area contributed by atoms with Crippen LogP contribution in [-0.4, -0.2) is 54.6 Å². The molecule has 5 heteroatoms. The van der Waals surface area contributed by atoms with Crippen LogP contribution in [-0.2, 0) is 11.2 Å². The van der Waals surface area contributed by atoms with Crippen molar-refractivity contribution < 1.29 is 9.90 Å². The van der Waals surface area contributed by atoms with Crippen molar-refractivity contribution in [3.63, 3.8) is 0 Å². The van der Waals surface area contributed by atoms with Crippen LogP contribution in [0.15, 0.2) is 11.4 Å². The number of carbonyl (C=O) groups is 1. The molecule has 17 heavy (non-hydrogen) atoms. The minimum absolute atomic E-state index is 0.454. The average molecular weight is 254 g/mol. The van der Waals surface area contributed by atoms with E-state index in [2.05, 4.69) is 9.80 Å². The van der Waals surface area contributed by atoms with Gasteiger partial charge >= 0.3 is 5.97 Å². The zero-order chi connectivity index (χ0) is 12.4. The second-order valence-corrected chi connectivity index (χ2v) is 5.63. The highest BCUT2D eigenvalue weighted by Gasteiger charge is 2.33. The Morgan fingerprint density at radius 1 is 1.65 bits per heavy atom. The summed E-state index contributed by atoms with van der Waals surface area (Å²) >= 11 is 1.67. The molecule has 4 nitrogen and oxygen atoms in total. The van der Waals surface area contributed by atoms with Crippen molar-refractivity contribution in [2.24, 2.45) is 0 Å². The van der Waals surface area contributed by atoms with Crippen LogP contribution in [0, 0.1) is 0 Å². The van der Waals surface area contributed by atoms with Crippen molar-refractivity contribution in [2.45, 2.75) is 12.5 Å². The molecule has 94 valence electrons.